The Hall–Kier alpha value is 2.32. The summed E-state index contributed by atoms with van der Waals surface area (Å²) in [7, 11) is 0. The molecule has 0 bridgehead atoms. The summed E-state index contributed by atoms with van der Waals surface area (Å²) in [5.41, 5.74) is 0. The molecule has 0 saturated carbocycles. The molecule has 0 saturated heterocycles. The van der Waals surface area contributed by atoms with Crippen molar-refractivity contribution in [2.24, 2.45) is 0 Å². The largest absolute Gasteiger partial charge is 4.00 e. The Morgan fingerprint density at radius 1 is 1.00 bits per heavy atom. The second-order valence-electron chi connectivity index (χ2n) is 0. The van der Waals surface area contributed by atoms with E-state index in [-0.39, 0.29) is 76.6 Å². The van der Waals surface area contributed by atoms with Crippen LogP contribution in [0.25, 0.3) is 0 Å². The molecular weight excluding hydrogens is 375 g/mol. The first kappa shape index (κ1) is 33.2. The van der Waals surface area contributed by atoms with Gasteiger partial charge in [0.2, 0.25) is 0 Å². The minimum absolute atomic E-state index is 0. The van der Waals surface area contributed by atoms with Crippen molar-refractivity contribution in [2.75, 3.05) is 0 Å². The summed E-state index contributed by atoms with van der Waals surface area (Å²) < 4.78 is 0. The number of hydrogen-bond donors (Lipinski definition) is 0. The molecule has 0 radical (unpaired) electrons. The number of rotatable bonds is 0. The maximum atomic E-state index is 0. The second-order valence-corrected chi connectivity index (χ2v) is 0. The molecular formula is HfInOZn+7. The third-order valence-electron chi connectivity index (χ3n) is 0. The van der Waals surface area contributed by atoms with E-state index in [0.29, 0.717) is 0 Å². The van der Waals surface area contributed by atoms with Gasteiger partial charge < -0.3 is 5.48 Å². The molecule has 0 rings (SSSR count). The Kier molecular flexibility index (Phi) is 153. The summed E-state index contributed by atoms with van der Waals surface area (Å²) in [4.78, 5) is 0. The van der Waals surface area contributed by atoms with E-state index in [1.807, 2.05) is 0 Å². The fraction of sp³-hybridized carbons (Fsp3) is 0. The molecule has 0 heterocycles. The van der Waals surface area contributed by atoms with Crippen molar-refractivity contribution in [1.82, 2.24) is 0 Å². The van der Waals surface area contributed by atoms with Gasteiger partial charge in [0.25, 0.3) is 0 Å². The Bertz CT molecular complexity index is 8.00. The molecule has 0 aromatic rings. The molecule has 0 aromatic heterocycles. The van der Waals surface area contributed by atoms with Gasteiger partial charge in [-0.2, -0.15) is 0 Å². The third kappa shape index (κ3) is 8.85. The summed E-state index contributed by atoms with van der Waals surface area (Å²) in [6, 6.07) is 0. The maximum absolute atomic E-state index is 0. The van der Waals surface area contributed by atoms with Crippen LogP contribution in [0.2, 0.25) is 0 Å². The van der Waals surface area contributed by atoms with Gasteiger partial charge in [0.05, 0.1) is 0 Å². The molecule has 0 N–H and O–H groups in total. The molecule has 0 aliphatic heterocycles. The van der Waals surface area contributed by atoms with Crippen molar-refractivity contribution in [1.29, 1.82) is 0 Å². The second kappa shape index (κ2) is 18.4. The summed E-state index contributed by atoms with van der Waals surface area (Å²) in [5.74, 6) is 0. The van der Waals surface area contributed by atoms with Crippen LogP contribution in [0.4, 0.5) is 0 Å². The van der Waals surface area contributed by atoms with Gasteiger partial charge in [0.1, 0.15) is 0 Å². The van der Waals surface area contributed by atoms with Gasteiger partial charge in [-0.3, -0.25) is 0 Å². The molecule has 0 aromatic carbocycles. The summed E-state index contributed by atoms with van der Waals surface area (Å²) >= 11 is 0. The van der Waals surface area contributed by atoms with Crippen LogP contribution in [0, 0.1) is 0 Å². The quantitative estimate of drug-likeness (QED) is 0.511. The molecule has 0 unspecified atom stereocenters. The van der Waals surface area contributed by atoms with Gasteiger partial charge >= 0.3 is 71.2 Å². The zero-order valence-corrected chi connectivity index (χ0v) is 12.0. The van der Waals surface area contributed by atoms with Crippen LogP contribution in [-0.2, 0) is 50.8 Å². The van der Waals surface area contributed by atoms with E-state index in [9.17, 15) is 0 Å². The zero-order valence-electron chi connectivity index (χ0n) is 2.19. The average molecular weight is 375 g/mol. The number of hydrogen-bond acceptors (Lipinski definition) is 0. The van der Waals surface area contributed by atoms with Gasteiger partial charge in [-0.1, -0.05) is 0 Å². The predicted molar refractivity (Wildman–Crippen MR) is 6.44 cm³/mol. The van der Waals surface area contributed by atoms with E-state index in [1.54, 1.807) is 0 Å². The van der Waals surface area contributed by atoms with Crippen LogP contribution in [0.3, 0.4) is 0 Å². The molecule has 0 aliphatic carbocycles. The smallest absolute Gasteiger partial charge is 2.00 e. The maximum Gasteiger partial charge on any atom is 4.00 e. The van der Waals surface area contributed by atoms with E-state index >= 15 is 0 Å². The standard InChI is InChI=1S/Hf.In.O.Zn/q+4;+3;-2;+2. The first-order valence-corrected chi connectivity index (χ1v) is 0. The van der Waals surface area contributed by atoms with Gasteiger partial charge in [-0.25, -0.2) is 0 Å². The van der Waals surface area contributed by atoms with Crippen LogP contribution in [-0.4, -0.2) is 25.8 Å². The Balaban J connectivity index is 0. The fourth-order valence-electron chi connectivity index (χ4n) is 0. The average Bonchev–Trinajstić information content (AvgIpc) is 0. The van der Waals surface area contributed by atoms with Crippen LogP contribution in [0.5, 0.6) is 0 Å². The predicted octanol–water partition coefficient (Wildman–Crippen LogP) is -0.505. The monoisotopic (exact) mass is 375 g/mol. The van der Waals surface area contributed by atoms with Crippen LogP contribution in [0.1, 0.15) is 0 Å². The normalized spacial score (nSPS) is 0. The van der Waals surface area contributed by atoms with Crippen molar-refractivity contribution >= 4 is 25.8 Å². The molecule has 4 heteroatoms. The van der Waals surface area contributed by atoms with E-state index in [2.05, 4.69) is 0 Å². The molecule has 0 amide bonds. The topological polar surface area (TPSA) is 28.5 Å². The molecule has 0 aliphatic rings. The Labute approximate surface area is 75.5 Å². The SMILES string of the molecule is [Hf+4].[In+3].[O-2].[Zn+2]. The summed E-state index contributed by atoms with van der Waals surface area (Å²) in [6.45, 7) is 0. The Morgan fingerprint density at radius 2 is 1.00 bits per heavy atom. The summed E-state index contributed by atoms with van der Waals surface area (Å²) in [6.07, 6.45) is 0. The first-order valence-electron chi connectivity index (χ1n) is 0. The van der Waals surface area contributed by atoms with Crippen molar-refractivity contribution in [2.45, 2.75) is 0 Å². The van der Waals surface area contributed by atoms with Crippen LogP contribution >= 0.6 is 0 Å². The Morgan fingerprint density at radius 3 is 1.00 bits per heavy atom. The molecule has 1 nitrogen and oxygen atoms in total. The molecule has 4 heavy (non-hydrogen) atoms. The van der Waals surface area contributed by atoms with Gasteiger partial charge in [0.15, 0.2) is 0 Å². The minimum Gasteiger partial charge on any atom is -2.00 e. The van der Waals surface area contributed by atoms with Gasteiger partial charge in [-0.15, -0.1) is 0 Å². The third-order valence-corrected chi connectivity index (χ3v) is 0. The van der Waals surface area contributed by atoms with Crippen LogP contribution in [0.15, 0.2) is 0 Å². The van der Waals surface area contributed by atoms with E-state index < -0.39 is 0 Å². The molecule has 8 valence electrons. The summed E-state index contributed by atoms with van der Waals surface area (Å²) in [5, 5.41) is 0. The molecule has 0 spiro atoms. The van der Waals surface area contributed by atoms with Crippen LogP contribution < -0.4 is 0 Å². The van der Waals surface area contributed by atoms with Crippen molar-refractivity contribution < 1.29 is 50.8 Å². The van der Waals surface area contributed by atoms with E-state index in [0.717, 1.165) is 0 Å². The van der Waals surface area contributed by atoms with Crippen molar-refractivity contribution in [3.8, 4) is 0 Å². The van der Waals surface area contributed by atoms with Crippen molar-refractivity contribution in [3.63, 3.8) is 0 Å². The molecule has 0 fully saturated rings. The molecule has 0 atom stereocenters. The van der Waals surface area contributed by atoms with Crippen molar-refractivity contribution in [3.05, 3.63) is 0 Å². The van der Waals surface area contributed by atoms with Gasteiger partial charge in [-0.05, 0) is 0 Å². The van der Waals surface area contributed by atoms with E-state index in [1.165, 1.54) is 0 Å². The first-order chi connectivity index (χ1) is 0. The fourth-order valence-corrected chi connectivity index (χ4v) is 0. The van der Waals surface area contributed by atoms with Gasteiger partial charge in [0, 0.05) is 0 Å². The minimum atomic E-state index is 0. The van der Waals surface area contributed by atoms with E-state index in [4.69, 9.17) is 0 Å². The zero-order chi connectivity index (χ0) is 0.